The molecule has 1 atom stereocenters. The van der Waals surface area contributed by atoms with Gasteiger partial charge >= 0.3 is 0 Å². The molecule has 0 radical (unpaired) electrons. The van der Waals surface area contributed by atoms with Crippen LogP contribution in [0.2, 0.25) is 0 Å². The van der Waals surface area contributed by atoms with Crippen LogP contribution in [0.1, 0.15) is 49.4 Å². The molecular weight excluding hydrogens is 360 g/mol. The lowest BCUT2D eigenvalue weighted by Crippen LogP contribution is -2.38. The fraction of sp³-hybridized carbons (Fsp3) is 0.280. The summed E-state index contributed by atoms with van der Waals surface area (Å²) in [6, 6.07) is 22.1. The minimum Gasteiger partial charge on any atom is -0.348 e. The third kappa shape index (κ3) is 5.44. The fourth-order valence-corrected chi connectivity index (χ4v) is 3.41. The Morgan fingerprint density at radius 2 is 1.45 bits per heavy atom. The molecule has 0 fully saturated rings. The largest absolute Gasteiger partial charge is 0.348 e. The smallest absolute Gasteiger partial charge is 0.239 e. The number of nitrogens with one attached hydrogen (secondary N) is 2. The van der Waals surface area contributed by atoms with Crippen LogP contribution in [0.25, 0.3) is 10.8 Å². The van der Waals surface area contributed by atoms with Crippen molar-refractivity contribution >= 4 is 22.6 Å². The van der Waals surface area contributed by atoms with Gasteiger partial charge in [0.25, 0.3) is 0 Å². The maximum atomic E-state index is 12.3. The molecule has 0 spiro atoms. The lowest BCUT2D eigenvalue weighted by atomic mass is 9.99. The summed E-state index contributed by atoms with van der Waals surface area (Å²) in [4.78, 5) is 24.6. The molecule has 4 nitrogen and oxygen atoms in total. The van der Waals surface area contributed by atoms with E-state index in [1.807, 2.05) is 61.5 Å². The predicted octanol–water partition coefficient (Wildman–Crippen LogP) is 4.50. The Kier molecular flexibility index (Phi) is 6.65. The number of hydrogen-bond donors (Lipinski definition) is 2. The van der Waals surface area contributed by atoms with E-state index in [9.17, 15) is 9.59 Å². The van der Waals surface area contributed by atoms with E-state index in [0.717, 1.165) is 21.9 Å². The van der Waals surface area contributed by atoms with Crippen LogP contribution in [-0.4, -0.2) is 18.4 Å². The van der Waals surface area contributed by atoms with Crippen LogP contribution in [0, 0.1) is 0 Å². The minimum absolute atomic E-state index is 0.0297. The molecule has 3 aromatic rings. The van der Waals surface area contributed by atoms with Crippen molar-refractivity contribution in [3.05, 3.63) is 83.4 Å². The van der Waals surface area contributed by atoms with Gasteiger partial charge in [0.1, 0.15) is 0 Å². The maximum absolute atomic E-state index is 12.3. The summed E-state index contributed by atoms with van der Waals surface area (Å²) in [5.74, 6) is 0.119. The van der Waals surface area contributed by atoms with Gasteiger partial charge in [0.15, 0.2) is 0 Å². The highest BCUT2D eigenvalue weighted by Crippen LogP contribution is 2.19. The van der Waals surface area contributed by atoms with E-state index in [2.05, 4.69) is 36.6 Å². The molecule has 0 saturated carbocycles. The van der Waals surface area contributed by atoms with Crippen LogP contribution in [0.15, 0.2) is 66.7 Å². The highest BCUT2D eigenvalue weighted by Gasteiger charge is 2.12. The average Bonchev–Trinajstić information content (AvgIpc) is 2.72. The van der Waals surface area contributed by atoms with Gasteiger partial charge in [-0.3, -0.25) is 9.59 Å². The molecular formula is C25H28N2O2. The summed E-state index contributed by atoms with van der Waals surface area (Å²) in [6.07, 6.45) is 0.251. The Balaban J connectivity index is 1.51. The molecule has 2 N–H and O–H groups in total. The third-order valence-corrected chi connectivity index (χ3v) is 5.16. The van der Waals surface area contributed by atoms with Crippen LogP contribution in [0.5, 0.6) is 0 Å². The zero-order valence-corrected chi connectivity index (χ0v) is 17.2. The summed E-state index contributed by atoms with van der Waals surface area (Å²) < 4.78 is 0. The van der Waals surface area contributed by atoms with Crippen LogP contribution in [0.4, 0.5) is 0 Å². The zero-order valence-electron chi connectivity index (χ0n) is 17.2. The van der Waals surface area contributed by atoms with Gasteiger partial charge < -0.3 is 10.6 Å². The first-order valence-electron chi connectivity index (χ1n) is 10.1. The second-order valence-electron chi connectivity index (χ2n) is 7.70. The van der Waals surface area contributed by atoms with Gasteiger partial charge in [-0.1, -0.05) is 80.6 Å². The third-order valence-electron chi connectivity index (χ3n) is 5.16. The number of carbonyl (C=O) groups is 2. The van der Waals surface area contributed by atoms with Crippen LogP contribution < -0.4 is 10.6 Å². The Bertz CT molecular complexity index is 988. The lowest BCUT2D eigenvalue weighted by molar-refractivity contribution is -0.126. The Hall–Kier alpha value is -3.14. The van der Waals surface area contributed by atoms with E-state index in [4.69, 9.17) is 0 Å². The molecule has 0 aromatic heterocycles. The molecule has 4 heteroatoms. The first-order valence-corrected chi connectivity index (χ1v) is 10.1. The Morgan fingerprint density at radius 1 is 0.793 bits per heavy atom. The van der Waals surface area contributed by atoms with Crippen molar-refractivity contribution in [3.8, 4) is 0 Å². The van der Waals surface area contributed by atoms with Crippen molar-refractivity contribution in [1.29, 1.82) is 0 Å². The second kappa shape index (κ2) is 9.37. The van der Waals surface area contributed by atoms with Crippen molar-refractivity contribution in [1.82, 2.24) is 10.6 Å². The molecule has 29 heavy (non-hydrogen) atoms. The van der Waals surface area contributed by atoms with Gasteiger partial charge in [0.2, 0.25) is 11.8 Å². The molecule has 3 rings (SSSR count). The number of hydrogen-bond acceptors (Lipinski definition) is 2. The molecule has 0 aliphatic carbocycles. The van der Waals surface area contributed by atoms with Gasteiger partial charge in [0, 0.05) is 0 Å². The lowest BCUT2D eigenvalue weighted by Gasteiger charge is -2.16. The summed E-state index contributed by atoms with van der Waals surface area (Å²) in [5.41, 5.74) is 3.28. The van der Waals surface area contributed by atoms with Crippen molar-refractivity contribution in [3.63, 3.8) is 0 Å². The van der Waals surface area contributed by atoms with Crippen molar-refractivity contribution in [2.24, 2.45) is 0 Å². The SMILES string of the molecule is CC(C)c1ccc(C(C)NC(=O)CNC(=O)Cc2cccc3ccccc23)cc1. The van der Waals surface area contributed by atoms with E-state index in [-0.39, 0.29) is 30.8 Å². The van der Waals surface area contributed by atoms with Crippen molar-refractivity contribution in [2.45, 2.75) is 39.2 Å². The Morgan fingerprint density at radius 3 is 2.17 bits per heavy atom. The number of carbonyl (C=O) groups excluding carboxylic acids is 2. The van der Waals surface area contributed by atoms with E-state index in [1.54, 1.807) is 0 Å². The standard InChI is InChI=1S/C25H28N2O2/c1-17(2)19-11-13-20(14-12-19)18(3)27-25(29)16-26-24(28)15-22-9-6-8-21-7-4-5-10-23(21)22/h4-14,17-18H,15-16H2,1-3H3,(H,26,28)(H,27,29). The predicted molar refractivity (Wildman–Crippen MR) is 118 cm³/mol. The monoisotopic (exact) mass is 388 g/mol. The van der Waals surface area contributed by atoms with Crippen LogP contribution in [-0.2, 0) is 16.0 Å². The topological polar surface area (TPSA) is 58.2 Å². The number of rotatable bonds is 7. The highest BCUT2D eigenvalue weighted by atomic mass is 16.2. The molecule has 2 amide bonds. The number of fused-ring (bicyclic) bond motifs is 1. The van der Waals surface area contributed by atoms with Gasteiger partial charge in [-0.15, -0.1) is 0 Å². The molecule has 0 heterocycles. The molecule has 0 saturated heterocycles. The Labute approximate surface area is 172 Å². The summed E-state index contributed by atoms with van der Waals surface area (Å²) >= 11 is 0. The van der Waals surface area contributed by atoms with Gasteiger partial charge in [-0.25, -0.2) is 0 Å². The maximum Gasteiger partial charge on any atom is 0.239 e. The molecule has 150 valence electrons. The molecule has 1 unspecified atom stereocenters. The first-order chi connectivity index (χ1) is 13.9. The quantitative estimate of drug-likeness (QED) is 0.626. The normalized spacial score (nSPS) is 12.0. The van der Waals surface area contributed by atoms with E-state index < -0.39 is 0 Å². The average molecular weight is 389 g/mol. The number of benzene rings is 3. The fourth-order valence-electron chi connectivity index (χ4n) is 3.41. The number of amides is 2. The zero-order chi connectivity index (χ0) is 20.8. The summed E-state index contributed by atoms with van der Waals surface area (Å²) in [7, 11) is 0. The van der Waals surface area contributed by atoms with Crippen molar-refractivity contribution < 1.29 is 9.59 Å². The second-order valence-corrected chi connectivity index (χ2v) is 7.70. The van der Waals surface area contributed by atoms with Gasteiger partial charge in [0.05, 0.1) is 19.0 Å². The van der Waals surface area contributed by atoms with E-state index >= 15 is 0 Å². The van der Waals surface area contributed by atoms with Crippen LogP contribution >= 0.6 is 0 Å². The molecule has 0 bridgehead atoms. The first kappa shape index (κ1) is 20.6. The van der Waals surface area contributed by atoms with Gasteiger partial charge in [-0.2, -0.15) is 0 Å². The highest BCUT2D eigenvalue weighted by molar-refractivity contribution is 5.91. The summed E-state index contributed by atoms with van der Waals surface area (Å²) in [6.45, 7) is 6.22. The van der Waals surface area contributed by atoms with E-state index in [1.165, 1.54) is 5.56 Å². The van der Waals surface area contributed by atoms with Gasteiger partial charge in [-0.05, 0) is 40.3 Å². The minimum atomic E-state index is -0.197. The molecule has 0 aliphatic rings. The molecule has 0 aliphatic heterocycles. The molecule has 3 aromatic carbocycles. The van der Waals surface area contributed by atoms with Crippen molar-refractivity contribution in [2.75, 3.05) is 6.54 Å². The van der Waals surface area contributed by atoms with E-state index in [0.29, 0.717) is 5.92 Å². The van der Waals surface area contributed by atoms with Crippen LogP contribution in [0.3, 0.4) is 0 Å². The summed E-state index contributed by atoms with van der Waals surface area (Å²) in [5, 5.41) is 7.83.